The van der Waals surface area contributed by atoms with E-state index in [9.17, 15) is 38.0 Å². The molecule has 0 aliphatic carbocycles. The molecule has 8 heterocycles. The van der Waals surface area contributed by atoms with E-state index in [0.29, 0.717) is 94.6 Å². The molecule has 66 heavy (non-hydrogen) atoms. The number of hydrogen-bond donors (Lipinski definition) is 1. The molecule has 8 rings (SSSR count). The first-order valence-electron chi connectivity index (χ1n) is 21.0. The fraction of sp³-hybridized carbons (Fsp3) is 0.429. The first kappa shape index (κ1) is 45.1. The standard InChI is InChI=1S/C42H42F2N12O10/c43-30-20-49-41(53-7-1-25(2-8-53)39(60)55-32(5-11-64-55)27-13-24(15-45)16-47-17-27)51-37(30)62-22-34(57)66-35(58)23-63-38-31(44)21-50-42(52-38)54-9-3-26(4-10-54)40(61)56-33(6-12-65-56)28-14-29(36(46)59)19-48-18-28/h13-14,16-21,25-26,32-33H,1-12,22-23H2,(H2,46,59)/t32-,33-/m0/s1. The number of carbonyl (C=O) groups is 5. The second-order valence-corrected chi connectivity index (χ2v) is 15.7. The van der Waals surface area contributed by atoms with Crippen molar-refractivity contribution in [3.63, 3.8) is 0 Å². The third kappa shape index (κ3) is 10.2. The average Bonchev–Trinajstić information content (AvgIpc) is 4.05. The van der Waals surface area contributed by atoms with Crippen molar-refractivity contribution in [3.8, 4) is 17.8 Å². The van der Waals surface area contributed by atoms with Crippen LogP contribution in [0.5, 0.6) is 11.8 Å². The van der Waals surface area contributed by atoms with Gasteiger partial charge in [0.05, 0.1) is 48.8 Å². The first-order chi connectivity index (χ1) is 31.9. The van der Waals surface area contributed by atoms with E-state index in [4.69, 9.17) is 29.6 Å². The lowest BCUT2D eigenvalue weighted by molar-refractivity contribution is -0.182. The fourth-order valence-corrected chi connectivity index (χ4v) is 8.10. The number of aromatic nitrogens is 6. The van der Waals surface area contributed by atoms with Crippen LogP contribution in [0.25, 0.3) is 0 Å². The van der Waals surface area contributed by atoms with Crippen molar-refractivity contribution in [2.75, 3.05) is 62.4 Å². The normalized spacial score (nSPS) is 19.0. The number of nitrogens with zero attached hydrogens (tertiary/aromatic N) is 11. The number of rotatable bonds is 13. The summed E-state index contributed by atoms with van der Waals surface area (Å²) in [5.74, 6) is -7.30. The van der Waals surface area contributed by atoms with E-state index in [0.717, 1.165) is 12.4 Å². The van der Waals surface area contributed by atoms with Crippen molar-refractivity contribution in [2.45, 2.75) is 50.6 Å². The molecule has 2 atom stereocenters. The van der Waals surface area contributed by atoms with Crippen molar-refractivity contribution in [1.29, 1.82) is 5.26 Å². The topological polar surface area (TPSA) is 272 Å². The van der Waals surface area contributed by atoms with Crippen LogP contribution in [0.4, 0.5) is 20.7 Å². The number of hydrogen-bond acceptors (Lipinski definition) is 19. The van der Waals surface area contributed by atoms with E-state index >= 15 is 0 Å². The van der Waals surface area contributed by atoms with Gasteiger partial charge in [-0.25, -0.2) is 29.7 Å². The summed E-state index contributed by atoms with van der Waals surface area (Å²) in [6, 6.07) is 4.51. The van der Waals surface area contributed by atoms with Gasteiger partial charge in [0, 0.05) is 75.6 Å². The van der Waals surface area contributed by atoms with Crippen LogP contribution in [-0.4, -0.2) is 122 Å². The number of ether oxygens (including phenoxy) is 3. The van der Waals surface area contributed by atoms with Crippen molar-refractivity contribution in [1.82, 2.24) is 40.0 Å². The van der Waals surface area contributed by atoms with Gasteiger partial charge < -0.3 is 29.7 Å². The summed E-state index contributed by atoms with van der Waals surface area (Å²) >= 11 is 0. The van der Waals surface area contributed by atoms with Gasteiger partial charge in [0.25, 0.3) is 11.8 Å². The molecule has 0 bridgehead atoms. The molecular weight excluding hydrogens is 871 g/mol. The van der Waals surface area contributed by atoms with E-state index < -0.39 is 66.4 Å². The number of nitriles is 1. The number of piperidine rings is 2. The minimum absolute atomic E-state index is 0.0760. The van der Waals surface area contributed by atoms with Gasteiger partial charge in [0.1, 0.15) is 6.07 Å². The monoisotopic (exact) mass is 912 g/mol. The molecule has 0 radical (unpaired) electrons. The number of primary amides is 1. The molecule has 24 heteroatoms. The van der Waals surface area contributed by atoms with Crippen LogP contribution in [0.15, 0.2) is 49.3 Å². The van der Waals surface area contributed by atoms with Gasteiger partial charge >= 0.3 is 11.9 Å². The first-order valence-corrected chi connectivity index (χ1v) is 21.0. The minimum atomic E-state index is -1.22. The lowest BCUT2D eigenvalue weighted by Gasteiger charge is -2.34. The van der Waals surface area contributed by atoms with Gasteiger partial charge in [-0.15, -0.1) is 0 Å². The van der Waals surface area contributed by atoms with Crippen LogP contribution in [0.1, 0.15) is 77.7 Å². The van der Waals surface area contributed by atoms with Crippen LogP contribution in [0, 0.1) is 34.8 Å². The molecule has 0 unspecified atom stereocenters. The highest BCUT2D eigenvalue weighted by Gasteiger charge is 2.39. The Hall–Kier alpha value is -7.52. The maximum Gasteiger partial charge on any atom is 0.351 e. The Morgan fingerprint density at radius 2 is 1.15 bits per heavy atom. The molecule has 0 aromatic carbocycles. The molecule has 3 amide bonds. The maximum atomic E-state index is 14.7. The second kappa shape index (κ2) is 20.1. The predicted molar refractivity (Wildman–Crippen MR) is 218 cm³/mol. The zero-order chi connectivity index (χ0) is 46.3. The third-order valence-electron chi connectivity index (χ3n) is 11.5. The van der Waals surface area contributed by atoms with Crippen LogP contribution >= 0.6 is 0 Å². The van der Waals surface area contributed by atoms with Crippen molar-refractivity contribution in [2.24, 2.45) is 17.6 Å². The van der Waals surface area contributed by atoms with Gasteiger partial charge in [-0.1, -0.05) is 0 Å². The zero-order valence-electron chi connectivity index (χ0n) is 35.2. The number of amides is 3. The van der Waals surface area contributed by atoms with Crippen LogP contribution < -0.4 is 25.0 Å². The molecule has 4 saturated heterocycles. The summed E-state index contributed by atoms with van der Waals surface area (Å²) in [5, 5.41) is 11.9. The van der Waals surface area contributed by atoms with E-state index in [1.54, 1.807) is 34.3 Å². The zero-order valence-corrected chi connectivity index (χ0v) is 35.2. The quantitative estimate of drug-likeness (QED) is 0.149. The molecule has 4 aromatic rings. The lowest BCUT2D eigenvalue weighted by Crippen LogP contribution is -2.42. The summed E-state index contributed by atoms with van der Waals surface area (Å²) < 4.78 is 44.5. The summed E-state index contributed by atoms with van der Waals surface area (Å²) in [6.45, 7) is 0.0968. The van der Waals surface area contributed by atoms with Crippen LogP contribution in [-0.2, 0) is 33.6 Å². The molecule has 4 fully saturated rings. The SMILES string of the molecule is N#Cc1cncc([C@@H]2CCON2C(=O)C2CCN(c3ncc(F)c(OCC(=O)OC(=O)COc4nc(N5CCC(C(=O)N6OCC[C@H]6c6cncc(C(N)=O)c6)CC5)ncc4F)n3)CC2)c1. The number of esters is 2. The maximum absolute atomic E-state index is 14.7. The predicted octanol–water partition coefficient (Wildman–Crippen LogP) is 2.08. The number of nitrogens with two attached hydrogens (primary N) is 1. The van der Waals surface area contributed by atoms with Gasteiger partial charge in [0.15, 0.2) is 13.2 Å². The van der Waals surface area contributed by atoms with Crippen molar-refractivity contribution >= 4 is 41.6 Å². The highest BCUT2D eigenvalue weighted by atomic mass is 19.1. The Kier molecular flexibility index (Phi) is 13.7. The Balaban J connectivity index is 0.776. The molecular formula is C42H42F2N12O10. The second-order valence-electron chi connectivity index (χ2n) is 15.7. The molecule has 0 saturated carbocycles. The molecule has 0 spiro atoms. The Labute approximate surface area is 374 Å². The van der Waals surface area contributed by atoms with E-state index in [-0.39, 0.29) is 41.2 Å². The summed E-state index contributed by atoms with van der Waals surface area (Å²) in [7, 11) is 0. The van der Waals surface area contributed by atoms with Crippen LogP contribution in [0.2, 0.25) is 0 Å². The largest absolute Gasteiger partial charge is 0.463 e. The number of halogens is 2. The highest BCUT2D eigenvalue weighted by Crippen LogP contribution is 2.36. The molecule has 2 N–H and O–H groups in total. The smallest absolute Gasteiger partial charge is 0.351 e. The third-order valence-corrected chi connectivity index (χ3v) is 11.5. The van der Waals surface area contributed by atoms with Gasteiger partial charge in [0.2, 0.25) is 41.3 Å². The highest BCUT2D eigenvalue weighted by molar-refractivity contribution is 5.92. The number of anilines is 2. The average molecular weight is 913 g/mol. The van der Waals surface area contributed by atoms with E-state index in [2.05, 4.69) is 36.0 Å². The Bertz CT molecular complexity index is 2540. The van der Waals surface area contributed by atoms with Gasteiger partial charge in [-0.3, -0.25) is 34.0 Å². The van der Waals surface area contributed by atoms with Gasteiger partial charge in [-0.2, -0.15) is 24.0 Å². The Morgan fingerprint density at radius 1 is 0.682 bits per heavy atom. The fourth-order valence-electron chi connectivity index (χ4n) is 8.10. The van der Waals surface area contributed by atoms with E-state index in [1.807, 2.05) is 0 Å². The Morgan fingerprint density at radius 3 is 1.62 bits per heavy atom. The molecule has 344 valence electrons. The molecule has 4 aromatic heterocycles. The summed E-state index contributed by atoms with van der Waals surface area (Å²) in [4.78, 5) is 103. The molecule has 22 nitrogen and oxygen atoms in total. The number of carbonyl (C=O) groups excluding carboxylic acids is 5. The minimum Gasteiger partial charge on any atom is -0.463 e. The molecule has 4 aliphatic heterocycles. The molecule has 4 aliphatic rings. The van der Waals surface area contributed by atoms with Crippen molar-refractivity contribution in [3.05, 3.63) is 83.2 Å². The number of pyridine rings is 2. The van der Waals surface area contributed by atoms with E-state index in [1.165, 1.54) is 22.5 Å². The summed E-state index contributed by atoms with van der Waals surface area (Å²) in [5.41, 5.74) is 7.33. The van der Waals surface area contributed by atoms with Crippen LogP contribution in [0.3, 0.4) is 0 Å². The van der Waals surface area contributed by atoms with Gasteiger partial charge in [-0.05, 0) is 48.9 Å². The number of hydroxylamine groups is 4. The van der Waals surface area contributed by atoms with Crippen molar-refractivity contribution < 1.29 is 56.6 Å². The lowest BCUT2D eigenvalue weighted by atomic mass is 9.94. The summed E-state index contributed by atoms with van der Waals surface area (Å²) in [6.07, 6.45) is 10.3.